The average molecular weight is 217 g/mol. The van der Waals surface area contributed by atoms with E-state index in [1.807, 2.05) is 0 Å². The van der Waals surface area contributed by atoms with E-state index in [2.05, 4.69) is 0 Å². The SMILES string of the molecule is O=CC1(c2c(F)ccc(Cl)c2F)CC1. The number of benzene rings is 1. The maximum Gasteiger partial charge on any atom is 0.148 e. The van der Waals surface area contributed by atoms with Crippen LogP contribution in [0.3, 0.4) is 0 Å². The second-order valence-corrected chi connectivity index (χ2v) is 3.90. The van der Waals surface area contributed by atoms with E-state index < -0.39 is 17.0 Å². The van der Waals surface area contributed by atoms with E-state index in [1.165, 1.54) is 0 Å². The van der Waals surface area contributed by atoms with Gasteiger partial charge in [-0.05, 0) is 25.0 Å². The number of rotatable bonds is 2. The predicted octanol–water partition coefficient (Wildman–Crippen LogP) is 2.85. The van der Waals surface area contributed by atoms with E-state index >= 15 is 0 Å². The van der Waals surface area contributed by atoms with Crippen molar-refractivity contribution >= 4 is 17.9 Å². The zero-order valence-corrected chi connectivity index (χ0v) is 7.94. The van der Waals surface area contributed by atoms with E-state index in [0.717, 1.165) is 12.1 Å². The molecule has 0 amide bonds. The molecule has 1 aromatic carbocycles. The smallest absolute Gasteiger partial charge is 0.148 e. The summed E-state index contributed by atoms with van der Waals surface area (Å²) >= 11 is 5.52. The molecule has 1 fully saturated rings. The Balaban J connectivity index is 2.62. The van der Waals surface area contributed by atoms with Gasteiger partial charge in [0.2, 0.25) is 0 Å². The largest absolute Gasteiger partial charge is 0.302 e. The molecule has 0 aliphatic heterocycles. The van der Waals surface area contributed by atoms with Crippen molar-refractivity contribution in [3.63, 3.8) is 0 Å². The van der Waals surface area contributed by atoms with Crippen molar-refractivity contribution in [3.05, 3.63) is 34.4 Å². The van der Waals surface area contributed by atoms with Crippen LogP contribution >= 0.6 is 11.6 Å². The van der Waals surface area contributed by atoms with Crippen LogP contribution in [-0.4, -0.2) is 6.29 Å². The molecule has 0 aromatic heterocycles. The molecule has 1 saturated carbocycles. The van der Waals surface area contributed by atoms with Crippen LogP contribution in [-0.2, 0) is 10.2 Å². The summed E-state index contributed by atoms with van der Waals surface area (Å²) in [5.41, 5.74) is -1.14. The summed E-state index contributed by atoms with van der Waals surface area (Å²) in [5.74, 6) is -1.51. The Kier molecular flexibility index (Phi) is 2.07. The normalized spacial score (nSPS) is 17.9. The molecule has 0 atom stereocenters. The first kappa shape index (κ1) is 9.59. The van der Waals surface area contributed by atoms with E-state index in [1.54, 1.807) is 0 Å². The van der Waals surface area contributed by atoms with E-state index in [0.29, 0.717) is 19.1 Å². The summed E-state index contributed by atoms with van der Waals surface area (Å²) in [6.07, 6.45) is 1.58. The number of aldehydes is 1. The van der Waals surface area contributed by atoms with E-state index in [9.17, 15) is 13.6 Å². The van der Waals surface area contributed by atoms with Gasteiger partial charge in [0.25, 0.3) is 0 Å². The van der Waals surface area contributed by atoms with Gasteiger partial charge in [-0.25, -0.2) is 8.78 Å². The Morgan fingerprint density at radius 2 is 2.00 bits per heavy atom. The molecule has 4 heteroatoms. The molecule has 0 spiro atoms. The van der Waals surface area contributed by atoms with Gasteiger partial charge < -0.3 is 4.79 Å². The number of halogens is 3. The summed E-state index contributed by atoms with van der Waals surface area (Å²) in [4.78, 5) is 10.7. The highest BCUT2D eigenvalue weighted by molar-refractivity contribution is 6.30. The number of carbonyl (C=O) groups excluding carboxylic acids is 1. The molecule has 2 rings (SSSR count). The van der Waals surface area contributed by atoms with Gasteiger partial charge in [-0.2, -0.15) is 0 Å². The van der Waals surface area contributed by atoms with Crippen LogP contribution in [0.4, 0.5) is 8.78 Å². The van der Waals surface area contributed by atoms with Gasteiger partial charge in [-0.15, -0.1) is 0 Å². The molecule has 14 heavy (non-hydrogen) atoms. The van der Waals surface area contributed by atoms with Gasteiger partial charge in [0.15, 0.2) is 0 Å². The first-order valence-corrected chi connectivity index (χ1v) is 4.59. The van der Waals surface area contributed by atoms with Gasteiger partial charge in [0.1, 0.15) is 17.9 Å². The summed E-state index contributed by atoms with van der Waals surface area (Å²) in [6, 6.07) is 2.24. The Morgan fingerprint density at radius 3 is 2.50 bits per heavy atom. The highest BCUT2D eigenvalue weighted by atomic mass is 35.5. The van der Waals surface area contributed by atoms with Gasteiger partial charge in [-0.1, -0.05) is 11.6 Å². The number of hydrogen-bond donors (Lipinski definition) is 0. The lowest BCUT2D eigenvalue weighted by atomic mass is 9.96. The van der Waals surface area contributed by atoms with Crippen molar-refractivity contribution in [1.82, 2.24) is 0 Å². The molecular weight excluding hydrogens is 210 g/mol. The molecule has 0 N–H and O–H groups in total. The van der Waals surface area contributed by atoms with E-state index in [4.69, 9.17) is 11.6 Å². The van der Waals surface area contributed by atoms with Crippen LogP contribution in [0.25, 0.3) is 0 Å². The Labute approximate surface area is 84.7 Å². The summed E-state index contributed by atoms with van der Waals surface area (Å²) < 4.78 is 26.7. The Bertz CT molecular complexity index is 399. The molecule has 1 aromatic rings. The molecule has 0 bridgehead atoms. The summed E-state index contributed by atoms with van der Waals surface area (Å²) in [6.45, 7) is 0. The molecule has 0 heterocycles. The minimum Gasteiger partial charge on any atom is -0.302 e. The van der Waals surface area contributed by atoms with Crippen molar-refractivity contribution < 1.29 is 13.6 Å². The van der Waals surface area contributed by atoms with Crippen LogP contribution < -0.4 is 0 Å². The van der Waals surface area contributed by atoms with Crippen LogP contribution in [0.2, 0.25) is 5.02 Å². The standard InChI is InChI=1S/C10H7ClF2O/c11-6-1-2-7(12)8(9(6)13)10(5-14)3-4-10/h1-2,5H,3-4H2. The van der Waals surface area contributed by atoms with Crippen LogP contribution in [0.15, 0.2) is 12.1 Å². The average Bonchev–Trinajstić information content (AvgIpc) is 2.93. The van der Waals surface area contributed by atoms with Crippen LogP contribution in [0.1, 0.15) is 18.4 Å². The minimum atomic E-state index is -0.959. The fraction of sp³-hybridized carbons (Fsp3) is 0.300. The minimum absolute atomic E-state index is 0.144. The quantitative estimate of drug-likeness (QED) is 0.549. The predicted molar refractivity (Wildman–Crippen MR) is 48.3 cm³/mol. The van der Waals surface area contributed by atoms with Crippen LogP contribution in [0.5, 0.6) is 0 Å². The molecule has 1 aliphatic rings. The van der Waals surface area contributed by atoms with Crippen molar-refractivity contribution in [2.24, 2.45) is 0 Å². The lowest BCUT2D eigenvalue weighted by molar-refractivity contribution is -0.110. The van der Waals surface area contributed by atoms with Gasteiger partial charge in [-0.3, -0.25) is 0 Å². The van der Waals surface area contributed by atoms with E-state index in [-0.39, 0.29) is 10.6 Å². The fourth-order valence-electron chi connectivity index (χ4n) is 1.54. The van der Waals surface area contributed by atoms with Crippen molar-refractivity contribution in [3.8, 4) is 0 Å². The van der Waals surface area contributed by atoms with Crippen molar-refractivity contribution in [2.75, 3.05) is 0 Å². The fourth-order valence-corrected chi connectivity index (χ4v) is 1.70. The topological polar surface area (TPSA) is 17.1 Å². The third-order valence-corrected chi connectivity index (χ3v) is 2.85. The second kappa shape index (κ2) is 3.02. The van der Waals surface area contributed by atoms with Crippen LogP contribution in [0, 0.1) is 11.6 Å². The highest BCUT2D eigenvalue weighted by Crippen LogP contribution is 2.48. The molecule has 0 unspecified atom stereocenters. The Morgan fingerprint density at radius 1 is 1.36 bits per heavy atom. The molecule has 74 valence electrons. The van der Waals surface area contributed by atoms with Gasteiger partial charge >= 0.3 is 0 Å². The van der Waals surface area contributed by atoms with Gasteiger partial charge in [0.05, 0.1) is 10.4 Å². The van der Waals surface area contributed by atoms with Crippen molar-refractivity contribution in [2.45, 2.75) is 18.3 Å². The Hall–Kier alpha value is -0.960. The third-order valence-electron chi connectivity index (χ3n) is 2.56. The first-order valence-electron chi connectivity index (χ1n) is 4.21. The maximum absolute atomic E-state index is 13.5. The first-order chi connectivity index (χ1) is 6.60. The molecule has 0 saturated heterocycles. The molecule has 0 radical (unpaired) electrons. The lowest BCUT2D eigenvalue weighted by Gasteiger charge is -2.10. The number of carbonyl (C=O) groups is 1. The maximum atomic E-state index is 13.5. The molecule has 1 nitrogen and oxygen atoms in total. The molecule has 1 aliphatic carbocycles. The lowest BCUT2D eigenvalue weighted by Crippen LogP contribution is -2.13. The van der Waals surface area contributed by atoms with Gasteiger partial charge in [0, 0.05) is 5.56 Å². The summed E-state index contributed by atoms with van der Waals surface area (Å²) in [7, 11) is 0. The molecular formula is C10H7ClF2O. The van der Waals surface area contributed by atoms with Crippen molar-refractivity contribution in [1.29, 1.82) is 0 Å². The second-order valence-electron chi connectivity index (χ2n) is 3.49. The number of hydrogen-bond acceptors (Lipinski definition) is 1. The highest BCUT2D eigenvalue weighted by Gasteiger charge is 2.48. The monoisotopic (exact) mass is 216 g/mol. The summed E-state index contributed by atoms with van der Waals surface area (Å²) in [5, 5.41) is -0.144. The zero-order valence-electron chi connectivity index (χ0n) is 7.19. The third kappa shape index (κ3) is 1.23. The zero-order chi connectivity index (χ0) is 10.3.